The number of rotatable bonds is 7. The molecule has 0 saturated carbocycles. The van der Waals surface area contributed by atoms with Gasteiger partial charge < -0.3 is 10.1 Å². The molecule has 3 aromatic rings. The van der Waals surface area contributed by atoms with Crippen LogP contribution in [-0.4, -0.2) is 23.9 Å². The fourth-order valence-electron chi connectivity index (χ4n) is 4.28. The summed E-state index contributed by atoms with van der Waals surface area (Å²) in [6, 6.07) is 23.4. The zero-order valence-corrected chi connectivity index (χ0v) is 19.3. The lowest BCUT2D eigenvalue weighted by Gasteiger charge is -2.35. The first-order chi connectivity index (χ1) is 16.0. The number of hydrogen-bond donors (Lipinski definition) is 1. The third-order valence-electron chi connectivity index (χ3n) is 6.49. The molecule has 0 aliphatic carbocycles. The van der Waals surface area contributed by atoms with Gasteiger partial charge >= 0.3 is 0 Å². The van der Waals surface area contributed by atoms with E-state index in [1.165, 1.54) is 11.6 Å². The topological polar surface area (TPSA) is 41.6 Å². The Morgan fingerprint density at radius 2 is 1.70 bits per heavy atom. The van der Waals surface area contributed by atoms with Crippen LogP contribution in [0.4, 0.5) is 4.39 Å². The lowest BCUT2D eigenvalue weighted by atomic mass is 9.93. The van der Waals surface area contributed by atoms with Gasteiger partial charge in [0.25, 0.3) is 0 Å². The molecule has 33 heavy (non-hydrogen) atoms. The molecule has 5 heteroatoms. The van der Waals surface area contributed by atoms with E-state index in [4.69, 9.17) is 4.74 Å². The van der Waals surface area contributed by atoms with Gasteiger partial charge in [0.2, 0.25) is 5.91 Å². The Kier molecular flexibility index (Phi) is 7.40. The number of ether oxygens (including phenoxy) is 1. The van der Waals surface area contributed by atoms with E-state index in [0.29, 0.717) is 12.1 Å². The first-order valence-corrected chi connectivity index (χ1v) is 11.6. The third kappa shape index (κ3) is 5.99. The molecule has 1 aliphatic rings. The average Bonchev–Trinajstić information content (AvgIpc) is 2.85. The monoisotopic (exact) mass is 446 g/mol. The van der Waals surface area contributed by atoms with Gasteiger partial charge in [0.05, 0.1) is 0 Å². The van der Waals surface area contributed by atoms with Crippen LogP contribution in [0.1, 0.15) is 42.5 Å². The van der Waals surface area contributed by atoms with Crippen molar-refractivity contribution in [3.8, 4) is 11.5 Å². The van der Waals surface area contributed by atoms with Gasteiger partial charge in [-0.2, -0.15) is 0 Å². The SMILES string of the molecule is Cc1ccc(CNC(=O)C2CCN(C(C)c3ccc(Oc4ccccc4)cc3)CC2)cc1F. The minimum absolute atomic E-state index is 0.00499. The quantitative estimate of drug-likeness (QED) is 0.483. The fraction of sp³-hybridized carbons (Fsp3) is 0.321. The maximum absolute atomic E-state index is 13.7. The Balaban J connectivity index is 1.25. The number of aryl methyl sites for hydroxylation is 1. The molecule has 0 spiro atoms. The molecule has 1 saturated heterocycles. The second-order valence-electron chi connectivity index (χ2n) is 8.77. The first kappa shape index (κ1) is 23.0. The molecule has 4 nitrogen and oxygen atoms in total. The molecule has 0 aromatic heterocycles. The maximum Gasteiger partial charge on any atom is 0.223 e. The van der Waals surface area contributed by atoms with Crippen molar-refractivity contribution in [3.63, 3.8) is 0 Å². The molecule has 3 aromatic carbocycles. The minimum atomic E-state index is -0.233. The van der Waals surface area contributed by atoms with Crippen molar-refractivity contribution in [3.05, 3.63) is 95.3 Å². The predicted octanol–water partition coefficient (Wildman–Crippen LogP) is 6.02. The summed E-state index contributed by atoms with van der Waals surface area (Å²) in [6.07, 6.45) is 1.65. The molecule has 1 atom stereocenters. The first-order valence-electron chi connectivity index (χ1n) is 11.6. The van der Waals surface area contributed by atoms with Gasteiger partial charge in [0, 0.05) is 18.5 Å². The Hall–Kier alpha value is -3.18. The number of halogens is 1. The number of nitrogens with zero attached hydrogens (tertiary/aromatic N) is 1. The number of likely N-dealkylation sites (tertiary alicyclic amines) is 1. The molecule has 1 N–H and O–H groups in total. The van der Waals surface area contributed by atoms with Gasteiger partial charge in [0.1, 0.15) is 17.3 Å². The van der Waals surface area contributed by atoms with Crippen LogP contribution in [0.3, 0.4) is 0 Å². The van der Waals surface area contributed by atoms with Crippen LogP contribution in [-0.2, 0) is 11.3 Å². The molecule has 4 rings (SSSR count). The Morgan fingerprint density at radius 1 is 1.03 bits per heavy atom. The van der Waals surface area contributed by atoms with E-state index < -0.39 is 0 Å². The highest BCUT2D eigenvalue weighted by Crippen LogP contribution is 2.29. The largest absolute Gasteiger partial charge is 0.457 e. The summed E-state index contributed by atoms with van der Waals surface area (Å²) >= 11 is 0. The molecule has 0 bridgehead atoms. The van der Waals surface area contributed by atoms with Crippen molar-refractivity contribution < 1.29 is 13.9 Å². The van der Waals surface area contributed by atoms with Crippen LogP contribution in [0.15, 0.2) is 72.8 Å². The Bertz CT molecular complexity index is 1060. The van der Waals surface area contributed by atoms with E-state index in [1.54, 1.807) is 13.0 Å². The Labute approximate surface area is 195 Å². The summed E-state index contributed by atoms with van der Waals surface area (Å²) < 4.78 is 19.6. The molecular weight excluding hydrogens is 415 g/mol. The molecule has 1 aliphatic heterocycles. The van der Waals surface area contributed by atoms with Gasteiger partial charge in [-0.05, 0) is 86.8 Å². The number of benzene rings is 3. The minimum Gasteiger partial charge on any atom is -0.457 e. The summed E-state index contributed by atoms with van der Waals surface area (Å²) in [5, 5.41) is 2.98. The average molecular weight is 447 g/mol. The summed E-state index contributed by atoms with van der Waals surface area (Å²) in [5.41, 5.74) is 2.64. The number of piperidine rings is 1. The van der Waals surface area contributed by atoms with Crippen LogP contribution in [0, 0.1) is 18.7 Å². The predicted molar refractivity (Wildman–Crippen MR) is 129 cm³/mol. The van der Waals surface area contributed by atoms with Gasteiger partial charge in [-0.25, -0.2) is 4.39 Å². The zero-order valence-electron chi connectivity index (χ0n) is 19.3. The van der Waals surface area contributed by atoms with Crippen LogP contribution in [0.5, 0.6) is 11.5 Å². The summed E-state index contributed by atoms with van der Waals surface area (Å²) in [4.78, 5) is 15.0. The summed E-state index contributed by atoms with van der Waals surface area (Å²) in [5.74, 6) is 1.48. The molecular formula is C28H31FN2O2. The number of nitrogens with one attached hydrogen (secondary N) is 1. The molecule has 1 unspecified atom stereocenters. The van der Waals surface area contributed by atoms with Crippen molar-refractivity contribution in [2.45, 2.75) is 39.3 Å². The van der Waals surface area contributed by atoms with Crippen LogP contribution >= 0.6 is 0 Å². The lowest BCUT2D eigenvalue weighted by Crippen LogP contribution is -2.41. The molecule has 172 valence electrons. The van der Waals surface area contributed by atoms with E-state index in [9.17, 15) is 9.18 Å². The molecule has 0 radical (unpaired) electrons. The second kappa shape index (κ2) is 10.6. The Morgan fingerprint density at radius 3 is 2.36 bits per heavy atom. The highest BCUT2D eigenvalue weighted by atomic mass is 19.1. The number of amides is 1. The van der Waals surface area contributed by atoms with Gasteiger partial charge in [0.15, 0.2) is 0 Å². The van der Waals surface area contributed by atoms with Crippen molar-refractivity contribution in [2.75, 3.05) is 13.1 Å². The van der Waals surface area contributed by atoms with Crippen molar-refractivity contribution in [1.29, 1.82) is 0 Å². The number of carbonyl (C=O) groups excluding carboxylic acids is 1. The number of hydrogen-bond acceptors (Lipinski definition) is 3. The van der Waals surface area contributed by atoms with Gasteiger partial charge in [-0.1, -0.05) is 42.5 Å². The third-order valence-corrected chi connectivity index (χ3v) is 6.49. The zero-order chi connectivity index (χ0) is 23.2. The van der Waals surface area contributed by atoms with Crippen molar-refractivity contribution in [1.82, 2.24) is 10.2 Å². The van der Waals surface area contributed by atoms with Crippen LogP contribution in [0.25, 0.3) is 0 Å². The van der Waals surface area contributed by atoms with Crippen molar-refractivity contribution >= 4 is 5.91 Å². The van der Waals surface area contributed by atoms with Crippen molar-refractivity contribution in [2.24, 2.45) is 5.92 Å². The number of carbonyl (C=O) groups is 1. The van der Waals surface area contributed by atoms with Gasteiger partial charge in [-0.15, -0.1) is 0 Å². The van der Waals surface area contributed by atoms with E-state index in [0.717, 1.165) is 43.0 Å². The van der Waals surface area contributed by atoms with E-state index in [2.05, 4.69) is 29.3 Å². The fourth-order valence-corrected chi connectivity index (χ4v) is 4.28. The highest BCUT2D eigenvalue weighted by Gasteiger charge is 2.27. The van der Waals surface area contributed by atoms with Crippen LogP contribution in [0.2, 0.25) is 0 Å². The lowest BCUT2D eigenvalue weighted by molar-refractivity contribution is -0.126. The normalized spacial score (nSPS) is 15.7. The molecule has 1 heterocycles. The summed E-state index contributed by atoms with van der Waals surface area (Å²) in [6.45, 7) is 6.06. The highest BCUT2D eigenvalue weighted by molar-refractivity contribution is 5.78. The van der Waals surface area contributed by atoms with Crippen LogP contribution < -0.4 is 10.1 Å². The number of para-hydroxylation sites is 1. The maximum atomic E-state index is 13.7. The summed E-state index contributed by atoms with van der Waals surface area (Å²) in [7, 11) is 0. The molecule has 1 fully saturated rings. The standard InChI is InChI=1S/C28H31FN2O2/c1-20-8-9-22(18-27(20)29)19-30-28(32)24-14-16-31(17-15-24)21(2)23-10-12-26(13-11-23)33-25-6-4-3-5-7-25/h3-13,18,21,24H,14-17,19H2,1-2H3,(H,30,32). The smallest absolute Gasteiger partial charge is 0.223 e. The van der Waals surface area contributed by atoms with E-state index >= 15 is 0 Å². The van der Waals surface area contributed by atoms with Gasteiger partial charge in [-0.3, -0.25) is 9.69 Å². The van der Waals surface area contributed by atoms with E-state index in [-0.39, 0.29) is 23.7 Å². The second-order valence-corrected chi connectivity index (χ2v) is 8.77. The molecule has 1 amide bonds. The van der Waals surface area contributed by atoms with E-state index in [1.807, 2.05) is 48.5 Å².